The number of hydrogen-bond acceptors (Lipinski definition) is 3. The SMILES string of the molecule is COC1CC2(CCN(C)CC2)OC1C. The molecule has 2 fully saturated rings. The Kier molecular flexibility index (Phi) is 2.82. The lowest BCUT2D eigenvalue weighted by Crippen LogP contribution is -2.42. The number of nitrogens with zero attached hydrogens (tertiary/aromatic N) is 1. The first kappa shape index (κ1) is 10.4. The normalized spacial score (nSPS) is 37.9. The quantitative estimate of drug-likeness (QED) is 0.635. The molecule has 0 aromatic heterocycles. The highest BCUT2D eigenvalue weighted by molar-refractivity contribution is 4.96. The zero-order valence-electron chi connectivity index (χ0n) is 9.45. The first-order valence-electron chi connectivity index (χ1n) is 5.54. The van der Waals surface area contributed by atoms with Crippen molar-refractivity contribution in [3.63, 3.8) is 0 Å². The van der Waals surface area contributed by atoms with Crippen molar-refractivity contribution >= 4 is 0 Å². The highest BCUT2D eigenvalue weighted by atomic mass is 16.6. The smallest absolute Gasteiger partial charge is 0.0857 e. The van der Waals surface area contributed by atoms with Crippen molar-refractivity contribution in [1.82, 2.24) is 4.90 Å². The third-order valence-corrected chi connectivity index (χ3v) is 3.73. The standard InChI is InChI=1S/C11H21NO2/c1-9-10(13-3)8-11(14-9)4-6-12(2)7-5-11/h9-10H,4-8H2,1-3H3. The summed E-state index contributed by atoms with van der Waals surface area (Å²) in [5.74, 6) is 0. The van der Waals surface area contributed by atoms with Crippen LogP contribution >= 0.6 is 0 Å². The van der Waals surface area contributed by atoms with Crippen molar-refractivity contribution in [2.24, 2.45) is 0 Å². The largest absolute Gasteiger partial charge is 0.379 e. The molecular weight excluding hydrogens is 178 g/mol. The summed E-state index contributed by atoms with van der Waals surface area (Å²) in [6, 6.07) is 0. The van der Waals surface area contributed by atoms with Crippen LogP contribution < -0.4 is 0 Å². The fraction of sp³-hybridized carbons (Fsp3) is 1.00. The predicted octanol–water partition coefficient (Wildman–Crippen LogP) is 1.27. The third-order valence-electron chi connectivity index (χ3n) is 3.73. The van der Waals surface area contributed by atoms with Crippen molar-refractivity contribution in [2.75, 3.05) is 27.2 Å². The number of methoxy groups -OCH3 is 1. The van der Waals surface area contributed by atoms with Gasteiger partial charge in [-0.1, -0.05) is 0 Å². The summed E-state index contributed by atoms with van der Waals surface area (Å²) >= 11 is 0. The molecule has 82 valence electrons. The number of ether oxygens (including phenoxy) is 2. The Bertz CT molecular complexity index is 199. The van der Waals surface area contributed by atoms with Gasteiger partial charge in [-0.15, -0.1) is 0 Å². The molecule has 0 aromatic rings. The zero-order valence-corrected chi connectivity index (χ0v) is 9.45. The molecule has 2 heterocycles. The minimum absolute atomic E-state index is 0.132. The predicted molar refractivity (Wildman–Crippen MR) is 55.4 cm³/mol. The Balaban J connectivity index is 1.98. The minimum atomic E-state index is 0.132. The van der Waals surface area contributed by atoms with Gasteiger partial charge in [0, 0.05) is 26.6 Å². The van der Waals surface area contributed by atoms with Crippen LogP contribution in [0.5, 0.6) is 0 Å². The van der Waals surface area contributed by atoms with E-state index in [4.69, 9.17) is 9.47 Å². The molecule has 0 radical (unpaired) electrons. The topological polar surface area (TPSA) is 21.7 Å². The van der Waals surface area contributed by atoms with Gasteiger partial charge >= 0.3 is 0 Å². The zero-order chi connectivity index (χ0) is 10.2. The van der Waals surface area contributed by atoms with Crippen LogP contribution in [0, 0.1) is 0 Å². The third kappa shape index (κ3) is 1.81. The van der Waals surface area contributed by atoms with Gasteiger partial charge in [0.1, 0.15) is 0 Å². The Labute approximate surface area is 86.4 Å². The van der Waals surface area contributed by atoms with E-state index in [0.717, 1.165) is 32.4 Å². The van der Waals surface area contributed by atoms with Gasteiger partial charge in [0.05, 0.1) is 17.8 Å². The molecule has 0 aliphatic carbocycles. The van der Waals surface area contributed by atoms with E-state index in [1.807, 2.05) is 0 Å². The van der Waals surface area contributed by atoms with Crippen molar-refractivity contribution in [1.29, 1.82) is 0 Å². The molecule has 2 rings (SSSR count). The Morgan fingerprint density at radius 2 is 2.00 bits per heavy atom. The summed E-state index contributed by atoms with van der Waals surface area (Å²) in [4.78, 5) is 2.37. The maximum atomic E-state index is 6.09. The van der Waals surface area contributed by atoms with E-state index in [0.29, 0.717) is 6.10 Å². The Hall–Kier alpha value is -0.120. The van der Waals surface area contributed by atoms with Gasteiger partial charge < -0.3 is 14.4 Å². The summed E-state index contributed by atoms with van der Waals surface area (Å²) in [5, 5.41) is 0. The van der Waals surface area contributed by atoms with Gasteiger partial charge in [0.2, 0.25) is 0 Å². The average Bonchev–Trinajstić information content (AvgIpc) is 2.49. The second-order valence-electron chi connectivity index (χ2n) is 4.79. The Morgan fingerprint density at radius 1 is 1.36 bits per heavy atom. The lowest BCUT2D eigenvalue weighted by Gasteiger charge is -2.37. The summed E-state index contributed by atoms with van der Waals surface area (Å²) in [7, 11) is 3.97. The van der Waals surface area contributed by atoms with Crippen molar-refractivity contribution in [3.05, 3.63) is 0 Å². The monoisotopic (exact) mass is 199 g/mol. The van der Waals surface area contributed by atoms with Crippen LogP contribution in [0.15, 0.2) is 0 Å². The first-order valence-corrected chi connectivity index (χ1v) is 5.54. The van der Waals surface area contributed by atoms with Gasteiger partial charge in [-0.2, -0.15) is 0 Å². The molecule has 3 nitrogen and oxygen atoms in total. The molecule has 0 saturated carbocycles. The summed E-state index contributed by atoms with van der Waals surface area (Å²) in [5.41, 5.74) is 0.132. The van der Waals surface area contributed by atoms with E-state index < -0.39 is 0 Å². The van der Waals surface area contributed by atoms with Crippen LogP contribution in [0.25, 0.3) is 0 Å². The summed E-state index contributed by atoms with van der Waals surface area (Å²) < 4.78 is 11.5. The summed E-state index contributed by atoms with van der Waals surface area (Å²) in [6.45, 7) is 4.44. The Morgan fingerprint density at radius 3 is 2.50 bits per heavy atom. The molecule has 2 aliphatic heterocycles. The van der Waals surface area contributed by atoms with E-state index in [9.17, 15) is 0 Å². The molecule has 2 saturated heterocycles. The molecule has 0 bridgehead atoms. The van der Waals surface area contributed by atoms with Crippen molar-refractivity contribution < 1.29 is 9.47 Å². The van der Waals surface area contributed by atoms with Gasteiger partial charge in [-0.3, -0.25) is 0 Å². The maximum Gasteiger partial charge on any atom is 0.0857 e. The lowest BCUT2D eigenvalue weighted by molar-refractivity contribution is -0.0755. The van der Waals surface area contributed by atoms with Gasteiger partial charge in [0.25, 0.3) is 0 Å². The molecule has 0 amide bonds. The minimum Gasteiger partial charge on any atom is -0.379 e. The molecule has 14 heavy (non-hydrogen) atoms. The van der Waals surface area contributed by atoms with E-state index in [1.165, 1.54) is 0 Å². The molecule has 2 aliphatic rings. The van der Waals surface area contributed by atoms with Crippen LogP contribution in [-0.2, 0) is 9.47 Å². The molecule has 0 N–H and O–H groups in total. The van der Waals surface area contributed by atoms with Crippen LogP contribution in [0.1, 0.15) is 26.2 Å². The fourth-order valence-corrected chi connectivity index (χ4v) is 2.67. The number of rotatable bonds is 1. The number of hydrogen-bond donors (Lipinski definition) is 0. The molecule has 3 heteroatoms. The molecular formula is C11H21NO2. The van der Waals surface area contributed by atoms with Gasteiger partial charge in [-0.05, 0) is 26.8 Å². The van der Waals surface area contributed by atoms with E-state index in [-0.39, 0.29) is 11.7 Å². The lowest BCUT2D eigenvalue weighted by atomic mass is 9.88. The van der Waals surface area contributed by atoms with E-state index in [1.54, 1.807) is 7.11 Å². The fourth-order valence-electron chi connectivity index (χ4n) is 2.67. The van der Waals surface area contributed by atoms with Crippen LogP contribution in [0.4, 0.5) is 0 Å². The second kappa shape index (κ2) is 3.80. The maximum absolute atomic E-state index is 6.09. The van der Waals surface area contributed by atoms with Gasteiger partial charge in [0.15, 0.2) is 0 Å². The van der Waals surface area contributed by atoms with Crippen molar-refractivity contribution in [3.8, 4) is 0 Å². The average molecular weight is 199 g/mol. The number of likely N-dealkylation sites (tertiary alicyclic amines) is 1. The van der Waals surface area contributed by atoms with E-state index >= 15 is 0 Å². The highest BCUT2D eigenvalue weighted by Crippen LogP contribution is 2.39. The molecule has 0 aromatic carbocycles. The summed E-state index contributed by atoms with van der Waals surface area (Å²) in [6.07, 6.45) is 3.97. The van der Waals surface area contributed by atoms with Crippen LogP contribution in [0.3, 0.4) is 0 Å². The van der Waals surface area contributed by atoms with Crippen LogP contribution in [-0.4, -0.2) is 50.0 Å². The number of piperidine rings is 1. The molecule has 2 atom stereocenters. The van der Waals surface area contributed by atoms with Gasteiger partial charge in [-0.25, -0.2) is 0 Å². The first-order chi connectivity index (χ1) is 6.65. The van der Waals surface area contributed by atoms with Crippen molar-refractivity contribution in [2.45, 2.75) is 44.0 Å². The molecule has 1 spiro atoms. The van der Waals surface area contributed by atoms with Crippen LogP contribution in [0.2, 0.25) is 0 Å². The highest BCUT2D eigenvalue weighted by Gasteiger charge is 2.45. The second-order valence-corrected chi connectivity index (χ2v) is 4.79. The van der Waals surface area contributed by atoms with E-state index in [2.05, 4.69) is 18.9 Å². The molecule has 2 unspecified atom stereocenters.